The van der Waals surface area contributed by atoms with Gasteiger partial charge in [0, 0.05) is 18.0 Å². The summed E-state index contributed by atoms with van der Waals surface area (Å²) in [6.45, 7) is 3.46. The normalized spacial score (nSPS) is 23.1. The van der Waals surface area contributed by atoms with Crippen LogP contribution in [0.2, 0.25) is 0 Å². The van der Waals surface area contributed by atoms with Gasteiger partial charge < -0.3 is 4.90 Å². The lowest BCUT2D eigenvalue weighted by Crippen LogP contribution is -2.25. The topological polar surface area (TPSA) is 3.24 Å². The molecule has 1 aliphatic rings. The molecule has 2 heteroatoms. The average Bonchev–Trinajstić information content (AvgIpc) is 2.53. The third kappa shape index (κ3) is 1.44. The summed E-state index contributed by atoms with van der Waals surface area (Å²) < 4.78 is 0. The van der Waals surface area contributed by atoms with Gasteiger partial charge in [-0.1, -0.05) is 18.2 Å². The summed E-state index contributed by atoms with van der Waals surface area (Å²) in [7, 11) is 0. The first-order chi connectivity index (χ1) is 5.88. The molecular formula is C10H13NS. The number of para-hydroxylation sites is 1. The van der Waals surface area contributed by atoms with Gasteiger partial charge in [0.25, 0.3) is 0 Å². The van der Waals surface area contributed by atoms with Crippen LogP contribution in [0.25, 0.3) is 0 Å². The van der Waals surface area contributed by atoms with E-state index >= 15 is 0 Å². The van der Waals surface area contributed by atoms with E-state index < -0.39 is 0 Å². The zero-order valence-electron chi connectivity index (χ0n) is 7.23. The van der Waals surface area contributed by atoms with Crippen molar-refractivity contribution < 1.29 is 0 Å². The molecule has 1 saturated heterocycles. The summed E-state index contributed by atoms with van der Waals surface area (Å²) in [6, 6.07) is 10.6. The molecule has 1 unspecified atom stereocenters. The van der Waals surface area contributed by atoms with Crippen molar-refractivity contribution in [1.82, 2.24) is 0 Å². The Bertz CT molecular complexity index is 247. The molecule has 0 spiro atoms. The van der Waals surface area contributed by atoms with Crippen LogP contribution in [0.4, 0.5) is 5.69 Å². The van der Waals surface area contributed by atoms with Crippen LogP contribution in [0.3, 0.4) is 0 Å². The molecule has 0 aromatic heterocycles. The second-order valence-electron chi connectivity index (χ2n) is 3.00. The number of hydrogen-bond donors (Lipinski definition) is 0. The Hall–Kier alpha value is -0.630. The lowest BCUT2D eigenvalue weighted by molar-refractivity contribution is 0.867. The lowest BCUT2D eigenvalue weighted by Gasteiger charge is -2.22. The van der Waals surface area contributed by atoms with E-state index in [0.717, 1.165) is 0 Å². The van der Waals surface area contributed by atoms with Crippen molar-refractivity contribution in [1.29, 1.82) is 0 Å². The summed E-state index contributed by atoms with van der Waals surface area (Å²) in [5.74, 6) is 1.26. The molecule has 2 rings (SSSR count). The highest BCUT2D eigenvalue weighted by Crippen LogP contribution is 2.28. The molecule has 0 saturated carbocycles. The molecule has 1 aromatic rings. The summed E-state index contributed by atoms with van der Waals surface area (Å²) >= 11 is 2.03. The van der Waals surface area contributed by atoms with Gasteiger partial charge in [0.1, 0.15) is 0 Å². The maximum atomic E-state index is 2.45. The SMILES string of the molecule is CC1SCCN1c1ccccc1. The van der Waals surface area contributed by atoms with Crippen LogP contribution in [-0.2, 0) is 0 Å². The molecule has 1 aliphatic heterocycles. The Kier molecular flexibility index (Phi) is 2.26. The van der Waals surface area contributed by atoms with Crippen molar-refractivity contribution in [2.24, 2.45) is 0 Å². The number of hydrogen-bond acceptors (Lipinski definition) is 2. The fourth-order valence-corrected chi connectivity index (χ4v) is 2.60. The van der Waals surface area contributed by atoms with Crippen LogP contribution in [0.5, 0.6) is 0 Å². The zero-order valence-corrected chi connectivity index (χ0v) is 8.05. The van der Waals surface area contributed by atoms with Crippen LogP contribution in [0.1, 0.15) is 6.92 Å². The van der Waals surface area contributed by atoms with E-state index in [0.29, 0.717) is 5.37 Å². The van der Waals surface area contributed by atoms with Gasteiger partial charge in [-0.3, -0.25) is 0 Å². The van der Waals surface area contributed by atoms with E-state index in [1.165, 1.54) is 18.0 Å². The highest BCUT2D eigenvalue weighted by atomic mass is 32.2. The van der Waals surface area contributed by atoms with Crippen molar-refractivity contribution >= 4 is 17.4 Å². The molecule has 1 fully saturated rings. The van der Waals surface area contributed by atoms with Gasteiger partial charge in [0.2, 0.25) is 0 Å². The highest BCUT2D eigenvalue weighted by Gasteiger charge is 2.20. The molecule has 64 valence electrons. The minimum absolute atomic E-state index is 0.646. The predicted octanol–water partition coefficient (Wildman–Crippen LogP) is 2.59. The lowest BCUT2D eigenvalue weighted by atomic mass is 10.3. The minimum Gasteiger partial charge on any atom is -0.359 e. The fraction of sp³-hybridized carbons (Fsp3) is 0.400. The first kappa shape index (κ1) is 7.99. The molecule has 1 nitrogen and oxygen atoms in total. The largest absolute Gasteiger partial charge is 0.359 e. The van der Waals surface area contributed by atoms with E-state index in [-0.39, 0.29) is 0 Å². The smallest absolute Gasteiger partial charge is 0.0723 e. The van der Waals surface area contributed by atoms with Gasteiger partial charge in [0.05, 0.1) is 5.37 Å². The van der Waals surface area contributed by atoms with Crippen molar-refractivity contribution in [2.45, 2.75) is 12.3 Å². The molecule has 0 aliphatic carbocycles. The van der Waals surface area contributed by atoms with Gasteiger partial charge in [-0.05, 0) is 19.1 Å². The molecule has 0 amide bonds. The fourth-order valence-electron chi connectivity index (χ4n) is 1.55. The van der Waals surface area contributed by atoms with Gasteiger partial charge in [-0.25, -0.2) is 0 Å². The molecule has 1 atom stereocenters. The average molecular weight is 179 g/mol. The molecule has 1 heterocycles. The summed E-state index contributed by atoms with van der Waals surface area (Å²) in [6.07, 6.45) is 0. The number of rotatable bonds is 1. The highest BCUT2D eigenvalue weighted by molar-refractivity contribution is 8.00. The van der Waals surface area contributed by atoms with Gasteiger partial charge in [0.15, 0.2) is 0 Å². The van der Waals surface area contributed by atoms with Crippen LogP contribution in [0.15, 0.2) is 30.3 Å². The number of benzene rings is 1. The van der Waals surface area contributed by atoms with Crippen LogP contribution >= 0.6 is 11.8 Å². The van der Waals surface area contributed by atoms with Crippen LogP contribution in [0, 0.1) is 0 Å². The Morgan fingerprint density at radius 1 is 1.33 bits per heavy atom. The Labute approximate surface area is 77.8 Å². The van der Waals surface area contributed by atoms with E-state index in [1.54, 1.807) is 0 Å². The molecule has 0 N–H and O–H groups in total. The number of thioether (sulfide) groups is 1. The summed E-state index contributed by atoms with van der Waals surface area (Å²) in [5.41, 5.74) is 1.36. The van der Waals surface area contributed by atoms with E-state index in [2.05, 4.69) is 42.2 Å². The molecular weight excluding hydrogens is 166 g/mol. The number of nitrogens with zero attached hydrogens (tertiary/aromatic N) is 1. The van der Waals surface area contributed by atoms with Gasteiger partial charge in [-0.2, -0.15) is 0 Å². The minimum atomic E-state index is 0.646. The molecule has 0 radical (unpaired) electrons. The first-order valence-electron chi connectivity index (χ1n) is 4.31. The summed E-state index contributed by atoms with van der Waals surface area (Å²) in [5, 5.41) is 0.646. The Morgan fingerprint density at radius 2 is 2.08 bits per heavy atom. The zero-order chi connectivity index (χ0) is 8.39. The van der Waals surface area contributed by atoms with Crippen molar-refractivity contribution in [2.75, 3.05) is 17.2 Å². The van der Waals surface area contributed by atoms with E-state index in [9.17, 15) is 0 Å². The second kappa shape index (κ2) is 3.40. The third-order valence-corrected chi connectivity index (χ3v) is 3.37. The van der Waals surface area contributed by atoms with Crippen LogP contribution < -0.4 is 4.90 Å². The third-order valence-electron chi connectivity index (χ3n) is 2.22. The first-order valence-corrected chi connectivity index (χ1v) is 5.36. The van der Waals surface area contributed by atoms with Crippen molar-refractivity contribution in [3.63, 3.8) is 0 Å². The van der Waals surface area contributed by atoms with Gasteiger partial charge >= 0.3 is 0 Å². The standard InChI is InChI=1S/C10H13NS/c1-9-11(7-8-12-9)10-5-3-2-4-6-10/h2-6,9H,7-8H2,1H3. The van der Waals surface area contributed by atoms with Gasteiger partial charge in [-0.15, -0.1) is 11.8 Å². The quantitative estimate of drug-likeness (QED) is 0.652. The summed E-state index contributed by atoms with van der Waals surface area (Å²) in [4.78, 5) is 2.45. The van der Waals surface area contributed by atoms with E-state index in [4.69, 9.17) is 0 Å². The monoisotopic (exact) mass is 179 g/mol. The predicted molar refractivity (Wildman–Crippen MR) is 55.7 cm³/mol. The Morgan fingerprint density at radius 3 is 2.67 bits per heavy atom. The second-order valence-corrected chi connectivity index (χ2v) is 4.42. The van der Waals surface area contributed by atoms with Crippen molar-refractivity contribution in [3.05, 3.63) is 30.3 Å². The maximum absolute atomic E-state index is 2.45. The Balaban J connectivity index is 2.19. The van der Waals surface area contributed by atoms with Crippen LogP contribution in [-0.4, -0.2) is 17.7 Å². The number of anilines is 1. The molecule has 1 aromatic carbocycles. The molecule has 0 bridgehead atoms. The van der Waals surface area contributed by atoms with Crippen molar-refractivity contribution in [3.8, 4) is 0 Å². The molecule has 12 heavy (non-hydrogen) atoms. The maximum Gasteiger partial charge on any atom is 0.0723 e. The van der Waals surface area contributed by atoms with E-state index in [1.807, 2.05) is 11.8 Å².